The van der Waals surface area contributed by atoms with Gasteiger partial charge in [0.2, 0.25) is 0 Å². The first-order valence-corrected chi connectivity index (χ1v) is 7.00. The molecular formula is C14H29NO2. The summed E-state index contributed by atoms with van der Waals surface area (Å²) in [5.74, 6) is 0. The third-order valence-electron chi connectivity index (χ3n) is 4.04. The molecule has 1 aliphatic carbocycles. The average Bonchev–Trinajstić information content (AvgIpc) is 2.27. The molecule has 0 bridgehead atoms. The Labute approximate surface area is 106 Å². The predicted octanol–water partition coefficient (Wildman–Crippen LogP) is 2.33. The molecule has 0 heterocycles. The summed E-state index contributed by atoms with van der Waals surface area (Å²) in [7, 11) is 0. The lowest BCUT2D eigenvalue weighted by Gasteiger charge is -2.52. The van der Waals surface area contributed by atoms with Crippen LogP contribution in [-0.2, 0) is 4.74 Å². The van der Waals surface area contributed by atoms with Crippen LogP contribution in [0.5, 0.6) is 0 Å². The topological polar surface area (TPSA) is 41.5 Å². The fourth-order valence-electron chi connectivity index (χ4n) is 2.44. The third-order valence-corrected chi connectivity index (χ3v) is 4.04. The van der Waals surface area contributed by atoms with Gasteiger partial charge in [-0.1, -0.05) is 27.2 Å². The van der Waals surface area contributed by atoms with Gasteiger partial charge in [-0.25, -0.2) is 0 Å². The van der Waals surface area contributed by atoms with E-state index in [9.17, 15) is 0 Å². The number of nitrogens with one attached hydrogen (secondary N) is 1. The van der Waals surface area contributed by atoms with Crippen molar-refractivity contribution in [2.75, 3.05) is 13.2 Å². The molecule has 2 N–H and O–H groups in total. The van der Waals surface area contributed by atoms with Crippen molar-refractivity contribution in [2.45, 2.75) is 71.6 Å². The Balaban J connectivity index is 2.28. The van der Waals surface area contributed by atoms with Gasteiger partial charge < -0.3 is 15.2 Å². The van der Waals surface area contributed by atoms with E-state index in [-0.39, 0.29) is 12.0 Å². The van der Waals surface area contributed by atoms with Crippen LogP contribution in [0, 0.1) is 5.41 Å². The van der Waals surface area contributed by atoms with Crippen LogP contribution in [0.2, 0.25) is 0 Å². The maximum Gasteiger partial charge on any atom is 0.0655 e. The van der Waals surface area contributed by atoms with Gasteiger partial charge in [-0.3, -0.25) is 0 Å². The first kappa shape index (κ1) is 14.9. The number of aliphatic hydroxyl groups is 1. The fraction of sp³-hybridized carbons (Fsp3) is 1.00. The Morgan fingerprint density at radius 2 is 2.18 bits per heavy atom. The van der Waals surface area contributed by atoms with Gasteiger partial charge in [-0.05, 0) is 26.2 Å². The van der Waals surface area contributed by atoms with Gasteiger partial charge in [-0.15, -0.1) is 0 Å². The summed E-state index contributed by atoms with van der Waals surface area (Å²) in [6, 6.07) is 0.913. The maximum absolute atomic E-state index is 8.90. The molecule has 17 heavy (non-hydrogen) atoms. The van der Waals surface area contributed by atoms with E-state index < -0.39 is 0 Å². The van der Waals surface area contributed by atoms with Crippen LogP contribution >= 0.6 is 0 Å². The minimum absolute atomic E-state index is 0.220. The van der Waals surface area contributed by atoms with Crippen molar-refractivity contribution in [1.29, 1.82) is 0 Å². The molecule has 1 aliphatic rings. The van der Waals surface area contributed by atoms with Crippen LogP contribution in [0.15, 0.2) is 0 Å². The lowest BCUT2D eigenvalue weighted by atomic mass is 9.64. The van der Waals surface area contributed by atoms with Crippen molar-refractivity contribution < 1.29 is 9.84 Å². The number of unbranched alkanes of at least 4 members (excludes halogenated alkanes) is 1. The van der Waals surface area contributed by atoms with E-state index in [1.54, 1.807) is 0 Å². The van der Waals surface area contributed by atoms with Gasteiger partial charge in [0.15, 0.2) is 0 Å². The smallest absolute Gasteiger partial charge is 0.0655 e. The van der Waals surface area contributed by atoms with Crippen molar-refractivity contribution in [3.63, 3.8) is 0 Å². The lowest BCUT2D eigenvalue weighted by molar-refractivity contribution is -0.120. The summed E-state index contributed by atoms with van der Waals surface area (Å²) in [4.78, 5) is 0. The van der Waals surface area contributed by atoms with E-state index in [4.69, 9.17) is 9.84 Å². The Morgan fingerprint density at radius 3 is 2.71 bits per heavy atom. The van der Waals surface area contributed by atoms with E-state index in [1.165, 1.54) is 6.42 Å². The van der Waals surface area contributed by atoms with E-state index in [2.05, 4.69) is 33.0 Å². The molecule has 1 fully saturated rings. The number of rotatable bonds is 8. The minimum Gasteiger partial charge on any atom is -0.396 e. The maximum atomic E-state index is 8.90. The number of hydrogen-bond donors (Lipinski definition) is 2. The molecule has 3 nitrogen and oxygen atoms in total. The van der Waals surface area contributed by atoms with Crippen molar-refractivity contribution >= 4 is 0 Å². The van der Waals surface area contributed by atoms with Crippen LogP contribution in [0.25, 0.3) is 0 Å². The van der Waals surface area contributed by atoms with Crippen LogP contribution in [-0.4, -0.2) is 36.5 Å². The summed E-state index contributed by atoms with van der Waals surface area (Å²) in [6.07, 6.45) is 4.68. The van der Waals surface area contributed by atoms with E-state index >= 15 is 0 Å². The molecule has 0 aromatic carbocycles. The van der Waals surface area contributed by atoms with Gasteiger partial charge >= 0.3 is 0 Å². The molecule has 1 rings (SSSR count). The first-order chi connectivity index (χ1) is 8.02. The molecule has 0 saturated heterocycles. The number of aliphatic hydroxyl groups excluding tert-OH is 1. The molecule has 0 aromatic rings. The SMILES string of the molecule is CCCCOC1CC(NC(C)CCO)C1(C)C. The second-order valence-corrected chi connectivity index (χ2v) is 5.90. The largest absolute Gasteiger partial charge is 0.396 e. The van der Waals surface area contributed by atoms with Crippen LogP contribution in [0.1, 0.15) is 53.4 Å². The highest BCUT2D eigenvalue weighted by Gasteiger charge is 2.48. The Hall–Kier alpha value is -0.120. The highest BCUT2D eigenvalue weighted by Crippen LogP contribution is 2.43. The average molecular weight is 243 g/mol. The van der Waals surface area contributed by atoms with Crippen molar-refractivity contribution in [1.82, 2.24) is 5.32 Å². The zero-order valence-electron chi connectivity index (χ0n) is 11.8. The highest BCUT2D eigenvalue weighted by atomic mass is 16.5. The molecule has 0 aliphatic heterocycles. The molecule has 3 atom stereocenters. The normalized spacial score (nSPS) is 28.8. The van der Waals surface area contributed by atoms with Crippen molar-refractivity contribution in [2.24, 2.45) is 5.41 Å². The van der Waals surface area contributed by atoms with Crippen LogP contribution in [0.3, 0.4) is 0 Å². The van der Waals surface area contributed by atoms with Gasteiger partial charge in [0.25, 0.3) is 0 Å². The summed E-state index contributed by atoms with van der Waals surface area (Å²) in [5, 5.41) is 12.5. The molecule has 0 amide bonds. The Kier molecular flexibility index (Phi) is 5.90. The lowest BCUT2D eigenvalue weighted by Crippen LogP contribution is -2.62. The summed E-state index contributed by atoms with van der Waals surface area (Å²) >= 11 is 0. The Morgan fingerprint density at radius 1 is 1.47 bits per heavy atom. The number of hydrogen-bond acceptors (Lipinski definition) is 3. The van der Waals surface area contributed by atoms with Gasteiger partial charge in [-0.2, -0.15) is 0 Å². The standard InChI is InChI=1S/C14H29NO2/c1-5-6-9-17-13-10-12(14(13,3)4)15-11(2)7-8-16/h11-13,15-16H,5-10H2,1-4H3. The highest BCUT2D eigenvalue weighted by molar-refractivity contribution is 5.03. The molecule has 0 aromatic heterocycles. The van der Waals surface area contributed by atoms with Crippen molar-refractivity contribution in [3.05, 3.63) is 0 Å². The summed E-state index contributed by atoms with van der Waals surface area (Å²) < 4.78 is 5.92. The minimum atomic E-state index is 0.220. The van der Waals surface area contributed by atoms with E-state index in [0.29, 0.717) is 18.2 Å². The van der Waals surface area contributed by atoms with Crippen molar-refractivity contribution in [3.8, 4) is 0 Å². The second-order valence-electron chi connectivity index (χ2n) is 5.90. The second kappa shape index (κ2) is 6.72. The zero-order valence-corrected chi connectivity index (χ0v) is 11.8. The molecule has 3 heteroatoms. The van der Waals surface area contributed by atoms with E-state index in [0.717, 1.165) is 25.9 Å². The number of ether oxygens (including phenoxy) is 1. The van der Waals surface area contributed by atoms with Crippen LogP contribution in [0.4, 0.5) is 0 Å². The monoisotopic (exact) mass is 243 g/mol. The fourth-order valence-corrected chi connectivity index (χ4v) is 2.44. The van der Waals surface area contributed by atoms with Gasteiger partial charge in [0.1, 0.15) is 0 Å². The molecule has 0 spiro atoms. The van der Waals surface area contributed by atoms with E-state index in [1.807, 2.05) is 0 Å². The zero-order chi connectivity index (χ0) is 12.9. The molecule has 1 saturated carbocycles. The van der Waals surface area contributed by atoms with Crippen LogP contribution < -0.4 is 5.32 Å². The summed E-state index contributed by atoms with van der Waals surface area (Å²) in [6.45, 7) is 10.0. The molecule has 3 unspecified atom stereocenters. The molecular weight excluding hydrogens is 214 g/mol. The summed E-state index contributed by atoms with van der Waals surface area (Å²) in [5.41, 5.74) is 0.220. The predicted molar refractivity (Wildman–Crippen MR) is 71.1 cm³/mol. The Bertz CT molecular complexity index is 218. The first-order valence-electron chi connectivity index (χ1n) is 7.00. The van der Waals surface area contributed by atoms with Gasteiger partial charge in [0.05, 0.1) is 6.10 Å². The molecule has 0 radical (unpaired) electrons. The third kappa shape index (κ3) is 3.94. The van der Waals surface area contributed by atoms with Gasteiger partial charge in [0, 0.05) is 30.7 Å². The molecule has 102 valence electrons. The quantitative estimate of drug-likeness (QED) is 0.643.